The Morgan fingerprint density at radius 1 is 1.03 bits per heavy atom. The van der Waals surface area contributed by atoms with E-state index < -0.39 is 35.3 Å². The monoisotopic (exact) mass is 399 g/mol. The molecule has 2 aromatic rings. The Morgan fingerprint density at radius 3 is 2.28 bits per heavy atom. The lowest BCUT2D eigenvalue weighted by Crippen LogP contribution is -2.41. The maximum absolute atomic E-state index is 12.2. The molecule has 1 atom stereocenters. The number of hydrogen-bond acceptors (Lipinski definition) is 5. The molecule has 0 heterocycles. The number of rotatable bonds is 7. The number of hydrogen-bond donors (Lipinski definition) is 3. The smallest absolute Gasteiger partial charge is 0.330 e. The maximum Gasteiger partial charge on any atom is 0.330 e. The van der Waals surface area contributed by atoms with E-state index in [4.69, 9.17) is 0 Å². The molecule has 0 fully saturated rings. The van der Waals surface area contributed by atoms with Gasteiger partial charge in [0, 0.05) is 17.2 Å². The molecule has 9 heteroatoms. The molecule has 2 rings (SSSR count). The van der Waals surface area contributed by atoms with Gasteiger partial charge in [0.15, 0.2) is 6.04 Å². The fourth-order valence-electron chi connectivity index (χ4n) is 2.71. The second-order valence-electron chi connectivity index (χ2n) is 6.62. The van der Waals surface area contributed by atoms with Crippen molar-refractivity contribution in [3.63, 3.8) is 0 Å². The van der Waals surface area contributed by atoms with E-state index in [1.807, 2.05) is 13.8 Å². The Balaban J connectivity index is 2.02. The second-order valence-corrected chi connectivity index (χ2v) is 6.62. The molecule has 1 unspecified atom stereocenters. The lowest BCUT2D eigenvalue weighted by Gasteiger charge is -2.16. The first kappa shape index (κ1) is 21.5. The highest BCUT2D eigenvalue weighted by molar-refractivity contribution is 5.97. The average molecular weight is 399 g/mol. The number of nitro benzene ring substituents is 1. The molecule has 152 valence electrons. The number of carbonyl (C=O) groups is 3. The van der Waals surface area contributed by atoms with E-state index in [1.54, 1.807) is 18.2 Å². The van der Waals surface area contributed by atoms with Gasteiger partial charge in [0.25, 0.3) is 11.6 Å². The van der Waals surface area contributed by atoms with Crippen molar-refractivity contribution < 1.29 is 24.4 Å². The number of benzene rings is 2. The van der Waals surface area contributed by atoms with Gasteiger partial charge >= 0.3 is 5.97 Å². The fourth-order valence-corrected chi connectivity index (χ4v) is 2.71. The number of nitrogens with zero attached hydrogens (tertiary/aromatic N) is 1. The minimum Gasteiger partial charge on any atom is -0.479 e. The second kappa shape index (κ2) is 8.96. The van der Waals surface area contributed by atoms with E-state index in [9.17, 15) is 29.6 Å². The van der Waals surface area contributed by atoms with Gasteiger partial charge in [0.2, 0.25) is 5.91 Å². The third-order valence-electron chi connectivity index (χ3n) is 4.48. The predicted octanol–water partition coefficient (Wildman–Crippen LogP) is 2.19. The van der Waals surface area contributed by atoms with E-state index >= 15 is 0 Å². The quantitative estimate of drug-likeness (QED) is 0.482. The third-order valence-corrected chi connectivity index (χ3v) is 4.48. The van der Waals surface area contributed by atoms with Gasteiger partial charge < -0.3 is 15.7 Å². The van der Waals surface area contributed by atoms with E-state index in [0.717, 1.165) is 11.1 Å². The van der Waals surface area contributed by atoms with Gasteiger partial charge in [-0.25, -0.2) is 4.79 Å². The van der Waals surface area contributed by atoms with Crippen molar-refractivity contribution >= 4 is 23.5 Å². The maximum atomic E-state index is 12.2. The highest BCUT2D eigenvalue weighted by Gasteiger charge is 2.23. The van der Waals surface area contributed by atoms with Crippen LogP contribution in [0.25, 0.3) is 0 Å². The summed E-state index contributed by atoms with van der Waals surface area (Å²) in [4.78, 5) is 46.2. The number of nitrogens with one attached hydrogen (secondary N) is 2. The van der Waals surface area contributed by atoms with Gasteiger partial charge in [-0.2, -0.15) is 0 Å². The molecular weight excluding hydrogens is 378 g/mol. The molecule has 3 N–H and O–H groups in total. The first-order valence-corrected chi connectivity index (χ1v) is 8.72. The van der Waals surface area contributed by atoms with Crippen LogP contribution in [0, 0.1) is 30.9 Å². The average Bonchev–Trinajstić information content (AvgIpc) is 2.65. The van der Waals surface area contributed by atoms with Crippen molar-refractivity contribution in [1.82, 2.24) is 10.6 Å². The van der Waals surface area contributed by atoms with Crippen molar-refractivity contribution in [2.75, 3.05) is 6.54 Å². The van der Waals surface area contributed by atoms with Crippen molar-refractivity contribution in [2.24, 2.45) is 0 Å². The van der Waals surface area contributed by atoms with Crippen molar-refractivity contribution in [1.29, 1.82) is 0 Å². The summed E-state index contributed by atoms with van der Waals surface area (Å²) in [7, 11) is 0. The van der Waals surface area contributed by atoms with E-state index in [2.05, 4.69) is 10.6 Å². The molecule has 0 radical (unpaired) electrons. The number of amides is 2. The van der Waals surface area contributed by atoms with Crippen LogP contribution in [0.2, 0.25) is 0 Å². The molecule has 0 spiro atoms. The van der Waals surface area contributed by atoms with Gasteiger partial charge in [-0.15, -0.1) is 0 Å². The highest BCUT2D eigenvalue weighted by Crippen LogP contribution is 2.19. The van der Waals surface area contributed by atoms with Gasteiger partial charge in [-0.05, 0) is 49.6 Å². The van der Waals surface area contributed by atoms with Gasteiger partial charge in [0.05, 0.1) is 11.5 Å². The van der Waals surface area contributed by atoms with Crippen LogP contribution in [-0.2, 0) is 9.59 Å². The number of aliphatic carboxylic acids is 1. The predicted molar refractivity (Wildman–Crippen MR) is 105 cm³/mol. The number of nitro groups is 1. The lowest BCUT2D eigenvalue weighted by molar-refractivity contribution is -0.385. The molecule has 0 saturated heterocycles. The van der Waals surface area contributed by atoms with Gasteiger partial charge in [0.1, 0.15) is 0 Å². The summed E-state index contributed by atoms with van der Waals surface area (Å²) in [6.07, 6.45) is 0. The zero-order chi connectivity index (χ0) is 21.7. The Labute approximate surface area is 166 Å². The summed E-state index contributed by atoms with van der Waals surface area (Å²) in [5, 5.41) is 25.0. The summed E-state index contributed by atoms with van der Waals surface area (Å²) in [5.41, 5.74) is 2.67. The van der Waals surface area contributed by atoms with Crippen molar-refractivity contribution in [2.45, 2.75) is 26.8 Å². The Morgan fingerprint density at radius 2 is 1.72 bits per heavy atom. The number of aryl methyl sites for hydroxylation is 3. The molecule has 2 amide bonds. The molecule has 0 saturated carbocycles. The largest absolute Gasteiger partial charge is 0.479 e. The molecule has 2 aromatic carbocycles. The van der Waals surface area contributed by atoms with Gasteiger partial charge in [-0.3, -0.25) is 19.7 Å². The van der Waals surface area contributed by atoms with Gasteiger partial charge in [-0.1, -0.05) is 18.2 Å². The SMILES string of the molecule is Cc1ccc(C(NC(=O)CNC(=O)c2ccc([N+](=O)[O-])c(C)c2)C(=O)O)cc1C. The molecule has 0 aliphatic heterocycles. The fraction of sp³-hybridized carbons (Fsp3) is 0.250. The molecule has 29 heavy (non-hydrogen) atoms. The van der Waals surface area contributed by atoms with Crippen LogP contribution in [0.3, 0.4) is 0 Å². The summed E-state index contributed by atoms with van der Waals surface area (Å²) in [6.45, 7) is 4.79. The Kier molecular flexibility index (Phi) is 6.66. The molecule has 0 aliphatic rings. The van der Waals surface area contributed by atoms with Crippen LogP contribution >= 0.6 is 0 Å². The number of carboxylic acid groups (broad SMARTS) is 1. The van der Waals surface area contributed by atoms with Crippen LogP contribution in [0.15, 0.2) is 36.4 Å². The summed E-state index contributed by atoms with van der Waals surface area (Å²) >= 11 is 0. The molecule has 0 bridgehead atoms. The molecule has 0 aliphatic carbocycles. The van der Waals surface area contributed by atoms with Crippen LogP contribution in [0.5, 0.6) is 0 Å². The topological polar surface area (TPSA) is 139 Å². The lowest BCUT2D eigenvalue weighted by atomic mass is 10.0. The highest BCUT2D eigenvalue weighted by atomic mass is 16.6. The summed E-state index contributed by atoms with van der Waals surface area (Å²) < 4.78 is 0. The minimum atomic E-state index is -1.25. The molecular formula is C20H21N3O6. The molecule has 0 aromatic heterocycles. The number of carboxylic acids is 1. The van der Waals surface area contributed by atoms with Crippen LogP contribution in [0.1, 0.15) is 38.7 Å². The molecule has 9 nitrogen and oxygen atoms in total. The van der Waals surface area contributed by atoms with Crippen molar-refractivity contribution in [3.05, 3.63) is 74.3 Å². The van der Waals surface area contributed by atoms with Crippen LogP contribution in [0.4, 0.5) is 5.69 Å². The summed E-state index contributed by atoms with van der Waals surface area (Å²) in [5.74, 6) is -2.50. The first-order valence-electron chi connectivity index (χ1n) is 8.72. The van der Waals surface area contributed by atoms with Crippen LogP contribution < -0.4 is 10.6 Å². The minimum absolute atomic E-state index is 0.114. The van der Waals surface area contributed by atoms with Crippen LogP contribution in [-0.4, -0.2) is 34.4 Å². The Hall–Kier alpha value is -3.75. The zero-order valence-corrected chi connectivity index (χ0v) is 16.2. The number of carbonyl (C=O) groups excluding carboxylic acids is 2. The van der Waals surface area contributed by atoms with E-state index in [0.29, 0.717) is 11.1 Å². The first-order chi connectivity index (χ1) is 13.6. The summed E-state index contributed by atoms with van der Waals surface area (Å²) in [6, 6.07) is 7.68. The third kappa shape index (κ3) is 5.38. The van der Waals surface area contributed by atoms with E-state index in [-0.39, 0.29) is 11.3 Å². The van der Waals surface area contributed by atoms with E-state index in [1.165, 1.54) is 25.1 Å². The Bertz CT molecular complexity index is 986. The normalized spacial score (nSPS) is 11.4. The zero-order valence-electron chi connectivity index (χ0n) is 16.2. The van der Waals surface area contributed by atoms with Crippen molar-refractivity contribution in [3.8, 4) is 0 Å². The standard InChI is InChI=1S/C20H21N3O6/c1-11-4-5-14(8-12(11)2)18(20(26)27)22-17(24)10-21-19(25)15-6-7-16(23(28)29)13(3)9-15/h4-9,18H,10H2,1-3H3,(H,21,25)(H,22,24)(H,26,27).